The second-order valence-corrected chi connectivity index (χ2v) is 7.92. The van der Waals surface area contributed by atoms with E-state index in [4.69, 9.17) is 11.6 Å². The Morgan fingerprint density at radius 1 is 1.11 bits per heavy atom. The predicted molar refractivity (Wildman–Crippen MR) is 105 cm³/mol. The average Bonchev–Trinajstić information content (AvgIpc) is 3.14. The maximum absolute atomic E-state index is 14.6. The van der Waals surface area contributed by atoms with E-state index in [1.54, 1.807) is 35.0 Å². The molecule has 0 amide bonds. The number of thioether (sulfide) groups is 1. The first-order valence-corrected chi connectivity index (χ1v) is 9.60. The summed E-state index contributed by atoms with van der Waals surface area (Å²) in [6.07, 6.45) is 4.72. The van der Waals surface area contributed by atoms with E-state index in [0.29, 0.717) is 16.9 Å². The summed E-state index contributed by atoms with van der Waals surface area (Å²) in [5.74, 6) is -0.906. The Morgan fingerprint density at radius 3 is 2.64 bits per heavy atom. The van der Waals surface area contributed by atoms with Gasteiger partial charge in [0.05, 0.1) is 10.8 Å². The molecular weight excluding hydrogens is 404 g/mol. The van der Waals surface area contributed by atoms with Crippen LogP contribution in [0.15, 0.2) is 48.0 Å². The minimum Gasteiger partial charge on any atom is -0.256 e. The van der Waals surface area contributed by atoms with E-state index in [1.807, 2.05) is 20.0 Å². The van der Waals surface area contributed by atoms with Crippen molar-refractivity contribution in [1.29, 1.82) is 0 Å². The van der Waals surface area contributed by atoms with Crippen LogP contribution in [0.5, 0.6) is 0 Å². The molecule has 0 spiro atoms. The van der Waals surface area contributed by atoms with Gasteiger partial charge < -0.3 is 0 Å². The maximum atomic E-state index is 14.6. The highest BCUT2D eigenvalue weighted by Crippen LogP contribution is 2.40. The predicted octanol–water partition coefficient (Wildman–Crippen LogP) is 5.21. The van der Waals surface area contributed by atoms with Crippen LogP contribution in [0.25, 0.3) is 22.0 Å². The van der Waals surface area contributed by atoms with E-state index in [2.05, 4.69) is 20.1 Å². The molecule has 0 radical (unpaired) electrons. The van der Waals surface area contributed by atoms with Crippen LogP contribution in [0.1, 0.15) is 18.0 Å². The summed E-state index contributed by atoms with van der Waals surface area (Å²) >= 11 is 7.31. The average molecular weight is 418 g/mol. The first-order valence-electron chi connectivity index (χ1n) is 8.34. The van der Waals surface area contributed by atoms with Crippen molar-refractivity contribution in [3.63, 3.8) is 0 Å². The van der Waals surface area contributed by atoms with Crippen LogP contribution < -0.4 is 0 Å². The molecular formula is C19H14ClF2N5S. The summed E-state index contributed by atoms with van der Waals surface area (Å²) in [7, 11) is 1.81. The van der Waals surface area contributed by atoms with Gasteiger partial charge in [0, 0.05) is 34.7 Å². The van der Waals surface area contributed by atoms with E-state index in [0.717, 1.165) is 16.3 Å². The normalized spacial score (nSPS) is 12.5. The Labute approximate surface area is 168 Å². The van der Waals surface area contributed by atoms with Gasteiger partial charge in [-0.1, -0.05) is 17.7 Å². The molecule has 2 heterocycles. The molecule has 5 nitrogen and oxygen atoms in total. The SMILES string of the molecule is C[C@@H](Sc1ccc(-c2ccc(F)c(Cl)c2F)c2ncncc12)c1ncn(C)n1. The van der Waals surface area contributed by atoms with Gasteiger partial charge in [-0.15, -0.1) is 11.8 Å². The van der Waals surface area contributed by atoms with Gasteiger partial charge in [-0.2, -0.15) is 5.10 Å². The molecule has 4 aromatic rings. The van der Waals surface area contributed by atoms with Crippen LogP contribution in [-0.4, -0.2) is 24.7 Å². The maximum Gasteiger partial charge on any atom is 0.163 e. The number of halogens is 3. The largest absolute Gasteiger partial charge is 0.256 e. The highest BCUT2D eigenvalue weighted by Gasteiger charge is 2.19. The number of benzene rings is 2. The monoisotopic (exact) mass is 417 g/mol. The van der Waals surface area contributed by atoms with E-state index >= 15 is 0 Å². The summed E-state index contributed by atoms with van der Waals surface area (Å²) in [6.45, 7) is 2.00. The molecule has 9 heteroatoms. The number of hydrogen-bond donors (Lipinski definition) is 0. The van der Waals surface area contributed by atoms with Crippen LogP contribution in [0.4, 0.5) is 8.78 Å². The van der Waals surface area contributed by atoms with Gasteiger partial charge in [-0.05, 0) is 25.1 Å². The van der Waals surface area contributed by atoms with Gasteiger partial charge in [0.25, 0.3) is 0 Å². The van der Waals surface area contributed by atoms with Gasteiger partial charge in [-0.25, -0.2) is 23.7 Å². The van der Waals surface area contributed by atoms with Gasteiger partial charge in [0.1, 0.15) is 23.5 Å². The fourth-order valence-electron chi connectivity index (χ4n) is 2.89. The number of rotatable bonds is 4. The lowest BCUT2D eigenvalue weighted by molar-refractivity contribution is 0.586. The van der Waals surface area contributed by atoms with Crippen LogP contribution in [-0.2, 0) is 7.05 Å². The second-order valence-electron chi connectivity index (χ2n) is 6.16. The minimum atomic E-state index is -0.812. The van der Waals surface area contributed by atoms with Crippen LogP contribution in [0.3, 0.4) is 0 Å². The van der Waals surface area contributed by atoms with Crippen LogP contribution >= 0.6 is 23.4 Å². The van der Waals surface area contributed by atoms with Crippen molar-refractivity contribution in [2.75, 3.05) is 0 Å². The third-order valence-corrected chi connectivity index (χ3v) is 5.76. The van der Waals surface area contributed by atoms with Crippen molar-refractivity contribution < 1.29 is 8.78 Å². The Hall–Kier alpha value is -2.58. The van der Waals surface area contributed by atoms with Crippen molar-refractivity contribution in [3.8, 4) is 11.1 Å². The van der Waals surface area contributed by atoms with Gasteiger partial charge in [0.15, 0.2) is 11.6 Å². The first-order chi connectivity index (χ1) is 13.5. The standard InChI is InChI=1S/C19H14ClF2N5S/c1-10(19-25-9-27(2)26-19)28-15-6-4-12(18-13(15)7-23-8-24-18)11-3-5-14(21)16(20)17(11)22/h3-10H,1-2H3/t10-/m1/s1. The molecule has 0 saturated carbocycles. The van der Waals surface area contributed by atoms with E-state index < -0.39 is 16.7 Å². The third kappa shape index (κ3) is 3.33. The fraction of sp³-hybridized carbons (Fsp3) is 0.158. The molecule has 0 N–H and O–H groups in total. The zero-order valence-electron chi connectivity index (χ0n) is 14.9. The Kier molecular flexibility index (Phi) is 4.99. The van der Waals surface area contributed by atoms with Crippen molar-refractivity contribution in [2.24, 2.45) is 7.05 Å². The second kappa shape index (κ2) is 7.44. The van der Waals surface area contributed by atoms with Crippen molar-refractivity contribution in [3.05, 3.63) is 65.6 Å². The molecule has 2 aromatic carbocycles. The smallest absolute Gasteiger partial charge is 0.163 e. The Bertz CT molecular complexity index is 1180. The summed E-state index contributed by atoms with van der Waals surface area (Å²) in [5, 5.41) is 4.55. The number of hydrogen-bond acceptors (Lipinski definition) is 5. The summed E-state index contributed by atoms with van der Waals surface area (Å²) < 4.78 is 29.8. The molecule has 142 valence electrons. The summed E-state index contributed by atoms with van der Waals surface area (Å²) in [5.41, 5.74) is 1.26. The lowest BCUT2D eigenvalue weighted by Crippen LogP contribution is -1.96. The topological polar surface area (TPSA) is 56.5 Å². The molecule has 0 saturated heterocycles. The van der Waals surface area contributed by atoms with Crippen molar-refractivity contribution in [2.45, 2.75) is 17.1 Å². The molecule has 0 unspecified atom stereocenters. The number of nitrogens with zero attached hydrogens (tertiary/aromatic N) is 5. The van der Waals surface area contributed by atoms with Crippen molar-refractivity contribution in [1.82, 2.24) is 24.7 Å². The molecule has 0 aliphatic carbocycles. The van der Waals surface area contributed by atoms with Crippen molar-refractivity contribution >= 4 is 34.3 Å². The lowest BCUT2D eigenvalue weighted by atomic mass is 10.0. The molecule has 1 atom stereocenters. The molecule has 0 aliphatic heterocycles. The molecule has 0 aliphatic rings. The number of aryl methyl sites for hydroxylation is 1. The minimum absolute atomic E-state index is 0.00698. The molecule has 0 bridgehead atoms. The molecule has 4 rings (SSSR count). The highest BCUT2D eigenvalue weighted by atomic mass is 35.5. The first kappa shape index (κ1) is 18.8. The number of aromatic nitrogens is 5. The Morgan fingerprint density at radius 2 is 1.89 bits per heavy atom. The van der Waals surface area contributed by atoms with Gasteiger partial charge >= 0.3 is 0 Å². The molecule has 0 fully saturated rings. The number of fused-ring (bicyclic) bond motifs is 1. The molecule has 2 aromatic heterocycles. The van der Waals surface area contributed by atoms with E-state index in [1.165, 1.54) is 12.4 Å². The van der Waals surface area contributed by atoms with E-state index in [9.17, 15) is 8.78 Å². The quantitative estimate of drug-likeness (QED) is 0.337. The Balaban J connectivity index is 1.80. The third-order valence-electron chi connectivity index (χ3n) is 4.24. The van der Waals surface area contributed by atoms with Crippen LogP contribution in [0.2, 0.25) is 5.02 Å². The lowest BCUT2D eigenvalue weighted by Gasteiger charge is -2.13. The van der Waals surface area contributed by atoms with Gasteiger partial charge in [0.2, 0.25) is 0 Å². The van der Waals surface area contributed by atoms with Crippen LogP contribution in [0, 0.1) is 11.6 Å². The zero-order chi connectivity index (χ0) is 19.8. The summed E-state index contributed by atoms with van der Waals surface area (Å²) in [4.78, 5) is 13.6. The van der Waals surface area contributed by atoms with E-state index in [-0.39, 0.29) is 10.8 Å². The highest BCUT2D eigenvalue weighted by molar-refractivity contribution is 7.99. The van der Waals surface area contributed by atoms with Gasteiger partial charge in [-0.3, -0.25) is 4.68 Å². The fourth-order valence-corrected chi connectivity index (χ4v) is 4.07. The summed E-state index contributed by atoms with van der Waals surface area (Å²) in [6, 6.07) is 6.12. The molecule has 28 heavy (non-hydrogen) atoms. The zero-order valence-corrected chi connectivity index (χ0v) is 16.5.